The van der Waals surface area contributed by atoms with Crippen molar-refractivity contribution in [3.05, 3.63) is 94.2 Å². The third-order valence-corrected chi connectivity index (χ3v) is 7.42. The Labute approximate surface area is 208 Å². The molecule has 3 aromatic rings. The third kappa shape index (κ3) is 3.63. The van der Waals surface area contributed by atoms with Crippen LogP contribution in [-0.2, 0) is 0 Å². The van der Waals surface area contributed by atoms with Crippen molar-refractivity contribution in [2.75, 3.05) is 13.1 Å². The topological polar surface area (TPSA) is 86.8 Å². The van der Waals surface area contributed by atoms with Crippen molar-refractivity contribution in [2.45, 2.75) is 19.8 Å². The highest BCUT2D eigenvalue weighted by atomic mass is 35.5. The van der Waals surface area contributed by atoms with Crippen molar-refractivity contribution < 1.29 is 9.39 Å². The number of para-hydroxylation sites is 1. The van der Waals surface area contributed by atoms with E-state index in [1.165, 1.54) is 0 Å². The fourth-order valence-corrected chi connectivity index (χ4v) is 5.50. The molecule has 35 heavy (non-hydrogen) atoms. The highest BCUT2D eigenvalue weighted by Gasteiger charge is 2.46. The Balaban J connectivity index is 1.27. The highest BCUT2D eigenvalue weighted by Crippen LogP contribution is 2.38. The minimum absolute atomic E-state index is 0.00519. The molecule has 1 fully saturated rings. The molecule has 7 nitrogen and oxygen atoms in total. The zero-order chi connectivity index (χ0) is 24.2. The summed E-state index contributed by atoms with van der Waals surface area (Å²) in [7, 11) is 0. The first-order valence-electron chi connectivity index (χ1n) is 11.8. The molecule has 1 saturated heterocycles. The summed E-state index contributed by atoms with van der Waals surface area (Å²) >= 11 is 6.07. The van der Waals surface area contributed by atoms with Crippen LogP contribution >= 0.6 is 11.6 Å². The molecule has 1 atom stereocenters. The number of aliphatic imine (C=N–C) groups is 2. The largest absolute Gasteiger partial charge is 0.349 e. The number of quaternary nitrogens is 1. The number of amidine groups is 1. The normalized spacial score (nSPS) is 22.1. The fraction of sp³-hybridized carbons (Fsp3) is 0.222. The molecule has 1 aromatic heterocycles. The second kappa shape index (κ2) is 8.30. The van der Waals surface area contributed by atoms with Gasteiger partial charge in [0, 0.05) is 40.5 Å². The number of aryl methyl sites for hydroxylation is 1. The van der Waals surface area contributed by atoms with Gasteiger partial charge in [0.15, 0.2) is 0 Å². The first-order chi connectivity index (χ1) is 16.9. The van der Waals surface area contributed by atoms with E-state index in [9.17, 15) is 4.79 Å². The second-order valence-electron chi connectivity index (χ2n) is 9.36. The number of rotatable bonds is 3. The number of amides is 1. The van der Waals surface area contributed by atoms with Crippen LogP contribution in [0.25, 0.3) is 10.9 Å². The van der Waals surface area contributed by atoms with Crippen LogP contribution in [0.1, 0.15) is 34.5 Å². The molecule has 3 aliphatic rings. The molecule has 0 radical (unpaired) electrons. The van der Waals surface area contributed by atoms with E-state index in [0.29, 0.717) is 23.7 Å². The number of aromatic amines is 1. The molecule has 0 aliphatic carbocycles. The molecule has 0 spiro atoms. The molecule has 0 saturated carbocycles. The number of nitrogens with one attached hydrogen (secondary N) is 1. The summed E-state index contributed by atoms with van der Waals surface area (Å²) in [5.41, 5.74) is 5.40. The van der Waals surface area contributed by atoms with Crippen molar-refractivity contribution in [1.29, 1.82) is 0 Å². The van der Waals surface area contributed by atoms with Crippen LogP contribution in [0, 0.1) is 12.8 Å². The summed E-state index contributed by atoms with van der Waals surface area (Å²) in [4.78, 5) is 28.0. The predicted octanol–water partition coefficient (Wildman–Crippen LogP) is 4.90. The van der Waals surface area contributed by atoms with Gasteiger partial charge in [0.1, 0.15) is 17.6 Å². The minimum atomic E-state index is -0.00519. The predicted molar refractivity (Wildman–Crippen MR) is 139 cm³/mol. The molecule has 3 N–H and O–H groups in total. The number of nitrogens with zero attached hydrogens (tertiary/aromatic N) is 4. The number of allylic oxidation sites excluding steroid dienone is 2. The average molecular weight is 486 g/mol. The average Bonchev–Trinajstić information content (AvgIpc) is 3.42. The van der Waals surface area contributed by atoms with E-state index in [1.54, 1.807) is 12.3 Å². The van der Waals surface area contributed by atoms with Crippen molar-refractivity contribution >= 4 is 40.5 Å². The van der Waals surface area contributed by atoms with Crippen molar-refractivity contribution in [3.8, 4) is 0 Å². The number of likely N-dealkylation sites (tertiary alicyclic amines) is 1. The second-order valence-corrected chi connectivity index (χ2v) is 9.79. The molecule has 6 rings (SSSR count). The van der Waals surface area contributed by atoms with Crippen molar-refractivity contribution in [1.82, 2.24) is 9.88 Å². The van der Waals surface area contributed by atoms with E-state index in [2.05, 4.69) is 22.1 Å². The maximum absolute atomic E-state index is 13.1. The Bertz CT molecular complexity index is 1440. The maximum atomic E-state index is 13.1. The monoisotopic (exact) mass is 485 g/mol. The molecule has 8 heteroatoms. The van der Waals surface area contributed by atoms with Crippen LogP contribution in [0.3, 0.4) is 0 Å². The number of halogens is 1. The number of aromatic nitrogens is 1. The number of hydrogen-bond acceptors (Lipinski definition) is 4. The molecular formula is C27H26ClN6O+. The third-order valence-electron chi connectivity index (χ3n) is 7.18. The Morgan fingerprint density at radius 1 is 1.17 bits per heavy atom. The van der Waals surface area contributed by atoms with E-state index >= 15 is 0 Å². The number of nitrogens with two attached hydrogens (primary N) is 1. The summed E-state index contributed by atoms with van der Waals surface area (Å²) in [6.45, 7) is 3.25. The van der Waals surface area contributed by atoms with Crippen LogP contribution in [0.5, 0.6) is 0 Å². The lowest BCUT2D eigenvalue weighted by atomic mass is 9.92. The summed E-state index contributed by atoms with van der Waals surface area (Å²) in [5.74, 6) is 7.92. The van der Waals surface area contributed by atoms with E-state index in [0.717, 1.165) is 52.2 Å². The Morgan fingerprint density at radius 2 is 1.97 bits per heavy atom. The van der Waals surface area contributed by atoms with E-state index in [4.69, 9.17) is 22.4 Å². The zero-order valence-corrected chi connectivity index (χ0v) is 20.2. The standard InChI is InChI=1S/C27H26ClN6O/c1-17-14-20(28)6-7-21(17)27(35)33-11-8-18(9-12-33)25-24-16-30-10-13-34(24,29)26(32-25)23-15-19-4-2-3-5-22(19)31-23/h2-7,10,13-16,18,31H,8-9,11-12,29H2,1H3/q+1. The SMILES string of the molecule is Cc1cc(Cl)ccc1C(=O)N1CCC(C2=C3C=NC=C[N+]3(N)C(c3cc4ccccc4[nH]3)=N2)CC1. The molecular weight excluding hydrogens is 460 g/mol. The minimum Gasteiger partial charge on any atom is -0.349 e. The van der Waals surface area contributed by atoms with Gasteiger partial charge in [0.25, 0.3) is 11.7 Å². The quantitative estimate of drug-likeness (QED) is 0.408. The first-order valence-corrected chi connectivity index (χ1v) is 12.2. The molecule has 2 aromatic carbocycles. The van der Waals surface area contributed by atoms with Crippen LogP contribution < -0.4 is 5.84 Å². The van der Waals surface area contributed by atoms with Gasteiger partial charge in [0.2, 0.25) is 5.70 Å². The number of hydrogen-bond donors (Lipinski definition) is 2. The van der Waals surface area contributed by atoms with Crippen molar-refractivity contribution in [3.63, 3.8) is 0 Å². The van der Waals surface area contributed by atoms with Gasteiger partial charge in [-0.15, -0.1) is 4.59 Å². The van der Waals surface area contributed by atoms with Gasteiger partial charge in [-0.25, -0.2) is 0 Å². The van der Waals surface area contributed by atoms with Crippen LogP contribution in [0.15, 0.2) is 82.3 Å². The maximum Gasteiger partial charge on any atom is 0.281 e. The van der Waals surface area contributed by atoms with Gasteiger partial charge in [0.05, 0.1) is 12.4 Å². The van der Waals surface area contributed by atoms with Gasteiger partial charge in [-0.1, -0.05) is 29.8 Å². The summed E-state index contributed by atoms with van der Waals surface area (Å²) in [5, 5.41) is 1.76. The lowest BCUT2D eigenvalue weighted by Gasteiger charge is -2.32. The molecule has 3 aliphatic heterocycles. The summed E-state index contributed by atoms with van der Waals surface area (Å²) < 4.78 is -0.00519. The number of piperidine rings is 1. The van der Waals surface area contributed by atoms with Crippen LogP contribution in [0.4, 0.5) is 0 Å². The van der Waals surface area contributed by atoms with Crippen molar-refractivity contribution in [2.24, 2.45) is 21.7 Å². The highest BCUT2D eigenvalue weighted by molar-refractivity contribution is 6.30. The van der Waals surface area contributed by atoms with Gasteiger partial charge in [-0.2, -0.15) is 10.8 Å². The molecule has 1 unspecified atom stereocenters. The Kier molecular flexibility index (Phi) is 5.21. The fourth-order valence-electron chi connectivity index (χ4n) is 5.27. The van der Waals surface area contributed by atoms with Gasteiger partial charge in [-0.3, -0.25) is 9.79 Å². The lowest BCUT2D eigenvalue weighted by molar-refractivity contribution is -0.750. The van der Waals surface area contributed by atoms with Gasteiger partial charge >= 0.3 is 0 Å². The van der Waals surface area contributed by atoms with Gasteiger partial charge < -0.3 is 9.88 Å². The number of fused-ring (bicyclic) bond motifs is 2. The van der Waals surface area contributed by atoms with Crippen LogP contribution in [-0.4, -0.2) is 45.5 Å². The number of carbonyl (C=O) groups is 1. The number of benzene rings is 2. The lowest BCUT2D eigenvalue weighted by Crippen LogP contribution is -2.53. The number of H-pyrrole nitrogens is 1. The van der Waals surface area contributed by atoms with E-state index < -0.39 is 0 Å². The zero-order valence-electron chi connectivity index (χ0n) is 19.4. The van der Waals surface area contributed by atoms with Gasteiger partial charge in [-0.05, 0) is 55.7 Å². The molecule has 4 heterocycles. The Hall–Kier alpha value is -3.52. The molecule has 1 amide bonds. The number of carbonyl (C=O) groups excluding carboxylic acids is 1. The van der Waals surface area contributed by atoms with Crippen LogP contribution in [0.2, 0.25) is 5.02 Å². The smallest absolute Gasteiger partial charge is 0.281 e. The molecule has 0 bridgehead atoms. The van der Waals surface area contributed by atoms with E-state index in [-0.39, 0.29) is 16.4 Å². The molecule has 176 valence electrons. The summed E-state index contributed by atoms with van der Waals surface area (Å²) in [6.07, 6.45) is 7.05. The summed E-state index contributed by atoms with van der Waals surface area (Å²) in [6, 6.07) is 15.7. The van der Waals surface area contributed by atoms with E-state index in [1.807, 2.05) is 54.6 Å². The first kappa shape index (κ1) is 22.0. The Morgan fingerprint density at radius 3 is 2.74 bits per heavy atom.